The summed E-state index contributed by atoms with van der Waals surface area (Å²) in [7, 11) is 3.21. The maximum atomic E-state index is 6.01. The summed E-state index contributed by atoms with van der Waals surface area (Å²) in [6.45, 7) is 1.69. The lowest BCUT2D eigenvalue weighted by Gasteiger charge is -2.06. The molecule has 0 unspecified atom stereocenters. The zero-order chi connectivity index (χ0) is 13.4. The number of halogens is 1. The Bertz CT molecular complexity index is 410. The van der Waals surface area contributed by atoms with Gasteiger partial charge in [-0.2, -0.15) is 0 Å². The lowest BCUT2D eigenvalue weighted by molar-refractivity contribution is 0.204. The second-order valence-electron chi connectivity index (χ2n) is 3.59. The number of guanidine groups is 1. The smallest absolute Gasteiger partial charge is 0.188 e. The lowest BCUT2D eigenvalue weighted by atomic mass is 10.2. The molecule has 0 aliphatic carbocycles. The molecule has 0 aromatic heterocycles. The van der Waals surface area contributed by atoms with E-state index in [1.807, 2.05) is 18.2 Å². The van der Waals surface area contributed by atoms with Gasteiger partial charge in [0.05, 0.1) is 25.3 Å². The van der Waals surface area contributed by atoms with Crippen molar-refractivity contribution in [3.8, 4) is 5.75 Å². The fourth-order valence-corrected chi connectivity index (χ4v) is 1.60. The molecule has 0 saturated carbocycles. The highest BCUT2D eigenvalue weighted by molar-refractivity contribution is 6.32. The molecule has 1 rings (SSSR count). The number of nitrogens with zero attached hydrogens (tertiary/aromatic N) is 1. The Morgan fingerprint density at radius 3 is 2.83 bits per heavy atom. The van der Waals surface area contributed by atoms with E-state index in [2.05, 4.69) is 10.3 Å². The molecule has 0 fully saturated rings. The van der Waals surface area contributed by atoms with Crippen LogP contribution in [0, 0.1) is 0 Å². The van der Waals surface area contributed by atoms with E-state index in [1.54, 1.807) is 14.2 Å². The molecule has 6 heteroatoms. The SMILES string of the molecule is COCCNC(N)=NCc1ccc(OC)c(Cl)c1. The van der Waals surface area contributed by atoms with Gasteiger partial charge in [-0.05, 0) is 17.7 Å². The summed E-state index contributed by atoms with van der Waals surface area (Å²) in [5.41, 5.74) is 6.65. The van der Waals surface area contributed by atoms with Crippen LogP contribution in [0.1, 0.15) is 5.56 Å². The fourth-order valence-electron chi connectivity index (χ4n) is 1.32. The van der Waals surface area contributed by atoms with Gasteiger partial charge in [0.25, 0.3) is 0 Å². The third-order valence-electron chi connectivity index (χ3n) is 2.26. The topological polar surface area (TPSA) is 68.9 Å². The van der Waals surface area contributed by atoms with Crippen molar-refractivity contribution in [3.63, 3.8) is 0 Å². The number of hydrogen-bond donors (Lipinski definition) is 2. The lowest BCUT2D eigenvalue weighted by Crippen LogP contribution is -2.34. The van der Waals surface area contributed by atoms with Crippen LogP contribution in [-0.4, -0.2) is 33.3 Å². The molecule has 0 aliphatic rings. The number of benzene rings is 1. The van der Waals surface area contributed by atoms with Crippen LogP contribution < -0.4 is 15.8 Å². The van der Waals surface area contributed by atoms with Crippen molar-refractivity contribution in [2.24, 2.45) is 10.7 Å². The minimum Gasteiger partial charge on any atom is -0.495 e. The molecule has 100 valence electrons. The van der Waals surface area contributed by atoms with Crippen LogP contribution in [-0.2, 0) is 11.3 Å². The Morgan fingerprint density at radius 1 is 1.44 bits per heavy atom. The van der Waals surface area contributed by atoms with E-state index in [4.69, 9.17) is 26.8 Å². The molecule has 0 atom stereocenters. The highest BCUT2D eigenvalue weighted by atomic mass is 35.5. The molecular formula is C12H18ClN3O2. The normalized spacial score (nSPS) is 11.4. The molecule has 0 aliphatic heterocycles. The quantitative estimate of drug-likeness (QED) is 0.466. The molecule has 18 heavy (non-hydrogen) atoms. The van der Waals surface area contributed by atoms with Gasteiger partial charge in [0, 0.05) is 13.7 Å². The van der Waals surface area contributed by atoms with Crippen LogP contribution >= 0.6 is 11.6 Å². The van der Waals surface area contributed by atoms with Crippen molar-refractivity contribution >= 4 is 17.6 Å². The molecule has 0 spiro atoms. The maximum absolute atomic E-state index is 6.01. The minimum atomic E-state index is 0.388. The molecule has 5 nitrogen and oxygen atoms in total. The van der Waals surface area contributed by atoms with Gasteiger partial charge in [-0.3, -0.25) is 0 Å². The van der Waals surface area contributed by atoms with Crippen LogP contribution in [0.3, 0.4) is 0 Å². The highest BCUT2D eigenvalue weighted by Gasteiger charge is 2.01. The Morgan fingerprint density at radius 2 is 2.22 bits per heavy atom. The van der Waals surface area contributed by atoms with Crippen LogP contribution in [0.25, 0.3) is 0 Å². The van der Waals surface area contributed by atoms with E-state index in [0.29, 0.717) is 36.4 Å². The van der Waals surface area contributed by atoms with Crippen LogP contribution in [0.5, 0.6) is 5.75 Å². The Kier molecular flexibility index (Phi) is 6.32. The number of aliphatic imine (C=N–C) groups is 1. The Labute approximate surface area is 112 Å². The third kappa shape index (κ3) is 4.81. The van der Waals surface area contributed by atoms with Crippen molar-refractivity contribution in [3.05, 3.63) is 28.8 Å². The predicted octanol–water partition coefficient (Wildman–Crippen LogP) is 1.40. The number of rotatable bonds is 6. The predicted molar refractivity (Wildman–Crippen MR) is 73.2 cm³/mol. The van der Waals surface area contributed by atoms with Crippen molar-refractivity contribution in [2.45, 2.75) is 6.54 Å². The van der Waals surface area contributed by atoms with Crippen molar-refractivity contribution in [1.82, 2.24) is 5.32 Å². The molecule has 0 radical (unpaired) electrons. The van der Waals surface area contributed by atoms with Crippen molar-refractivity contribution < 1.29 is 9.47 Å². The van der Waals surface area contributed by atoms with Gasteiger partial charge in [-0.1, -0.05) is 17.7 Å². The zero-order valence-electron chi connectivity index (χ0n) is 10.6. The summed E-state index contributed by atoms with van der Waals surface area (Å²) in [5, 5.41) is 3.50. The number of methoxy groups -OCH3 is 2. The van der Waals surface area contributed by atoms with Gasteiger partial charge in [0.2, 0.25) is 0 Å². The monoisotopic (exact) mass is 271 g/mol. The number of nitrogens with two attached hydrogens (primary N) is 1. The minimum absolute atomic E-state index is 0.388. The van der Waals surface area contributed by atoms with Crippen molar-refractivity contribution in [2.75, 3.05) is 27.4 Å². The van der Waals surface area contributed by atoms with Gasteiger partial charge in [0.1, 0.15) is 5.75 Å². The zero-order valence-corrected chi connectivity index (χ0v) is 11.3. The Hall–Kier alpha value is -1.46. The first kappa shape index (κ1) is 14.6. The average Bonchev–Trinajstić information content (AvgIpc) is 2.37. The summed E-state index contributed by atoms with van der Waals surface area (Å²) in [6.07, 6.45) is 0. The second kappa shape index (κ2) is 7.79. The summed E-state index contributed by atoms with van der Waals surface area (Å²) in [6, 6.07) is 5.52. The van der Waals surface area contributed by atoms with E-state index in [1.165, 1.54) is 0 Å². The van der Waals surface area contributed by atoms with Crippen LogP contribution in [0.2, 0.25) is 5.02 Å². The molecule has 0 saturated heterocycles. The van der Waals surface area contributed by atoms with Gasteiger partial charge < -0.3 is 20.5 Å². The van der Waals surface area contributed by atoms with E-state index in [0.717, 1.165) is 5.56 Å². The largest absolute Gasteiger partial charge is 0.495 e. The van der Waals surface area contributed by atoms with Gasteiger partial charge in [-0.25, -0.2) is 4.99 Å². The first-order valence-corrected chi connectivity index (χ1v) is 5.90. The first-order valence-electron chi connectivity index (χ1n) is 5.52. The maximum Gasteiger partial charge on any atom is 0.188 e. The van der Waals surface area contributed by atoms with E-state index < -0.39 is 0 Å². The standard InChI is InChI=1S/C12H18ClN3O2/c1-17-6-5-15-12(14)16-8-9-3-4-11(18-2)10(13)7-9/h3-4,7H,5-6,8H2,1-2H3,(H3,14,15,16). The molecular weight excluding hydrogens is 254 g/mol. The van der Waals surface area contributed by atoms with Crippen molar-refractivity contribution in [1.29, 1.82) is 0 Å². The summed E-state index contributed by atoms with van der Waals surface area (Å²) in [4.78, 5) is 4.19. The average molecular weight is 272 g/mol. The third-order valence-corrected chi connectivity index (χ3v) is 2.56. The first-order chi connectivity index (χ1) is 8.67. The molecule has 3 N–H and O–H groups in total. The molecule has 0 amide bonds. The number of ether oxygens (including phenoxy) is 2. The Balaban J connectivity index is 2.52. The molecule has 1 aromatic carbocycles. The van der Waals surface area contributed by atoms with E-state index >= 15 is 0 Å². The van der Waals surface area contributed by atoms with Crippen LogP contribution in [0.15, 0.2) is 23.2 Å². The van der Waals surface area contributed by atoms with Gasteiger partial charge >= 0.3 is 0 Å². The van der Waals surface area contributed by atoms with E-state index in [9.17, 15) is 0 Å². The van der Waals surface area contributed by atoms with Crippen LogP contribution in [0.4, 0.5) is 0 Å². The summed E-state index contributed by atoms with van der Waals surface area (Å²) in [5.74, 6) is 1.04. The second-order valence-corrected chi connectivity index (χ2v) is 4.00. The molecule has 0 bridgehead atoms. The van der Waals surface area contributed by atoms with Gasteiger partial charge in [-0.15, -0.1) is 0 Å². The molecule has 1 aromatic rings. The number of nitrogens with one attached hydrogen (secondary N) is 1. The molecule has 0 heterocycles. The summed E-state index contributed by atoms with van der Waals surface area (Å²) < 4.78 is 9.96. The highest BCUT2D eigenvalue weighted by Crippen LogP contribution is 2.25. The van der Waals surface area contributed by atoms with E-state index in [-0.39, 0.29) is 0 Å². The fraction of sp³-hybridized carbons (Fsp3) is 0.417. The van der Waals surface area contributed by atoms with Gasteiger partial charge in [0.15, 0.2) is 5.96 Å². The number of hydrogen-bond acceptors (Lipinski definition) is 3. The summed E-state index contributed by atoms with van der Waals surface area (Å²) >= 11 is 6.01.